The highest BCUT2D eigenvalue weighted by Gasteiger charge is 2.12. The summed E-state index contributed by atoms with van der Waals surface area (Å²) in [6, 6.07) is 7.55. The van der Waals surface area contributed by atoms with Gasteiger partial charge in [-0.25, -0.2) is 0 Å². The molecule has 0 bridgehead atoms. The number of nitrogens with one attached hydrogen (secondary N) is 1. The van der Waals surface area contributed by atoms with Crippen LogP contribution >= 0.6 is 11.3 Å². The van der Waals surface area contributed by atoms with Crippen LogP contribution in [-0.4, -0.2) is 15.2 Å². The zero-order valence-corrected chi connectivity index (χ0v) is 10.6. The maximum atomic E-state index is 5.80. The molecule has 0 aromatic carbocycles. The molecular formula is C12H10N6S. The van der Waals surface area contributed by atoms with Crippen LogP contribution in [0.2, 0.25) is 0 Å². The number of hydrogen-bond acceptors (Lipinski definition) is 6. The second-order valence-electron chi connectivity index (χ2n) is 3.72. The largest absolute Gasteiger partial charge is 0.380 e. The molecule has 3 N–H and O–H groups in total. The van der Waals surface area contributed by atoms with Crippen molar-refractivity contribution >= 4 is 28.5 Å². The number of nitrogens with two attached hydrogens (primary N) is 1. The predicted molar refractivity (Wildman–Crippen MR) is 74.7 cm³/mol. The molecule has 0 radical (unpaired) electrons. The molecular weight excluding hydrogens is 260 g/mol. The molecule has 94 valence electrons. The van der Waals surface area contributed by atoms with Crippen molar-refractivity contribution in [1.82, 2.24) is 15.2 Å². The molecule has 7 heteroatoms. The Bertz CT molecular complexity index is 686. The van der Waals surface area contributed by atoms with Crippen molar-refractivity contribution in [1.29, 1.82) is 0 Å². The lowest BCUT2D eigenvalue weighted by Gasteiger charge is -1.95. The van der Waals surface area contributed by atoms with E-state index < -0.39 is 0 Å². The molecule has 0 aliphatic rings. The van der Waals surface area contributed by atoms with Gasteiger partial charge in [-0.15, -0.1) is 21.6 Å². The number of aromatic nitrogens is 3. The molecule has 0 amide bonds. The van der Waals surface area contributed by atoms with Gasteiger partial charge in [0.05, 0.1) is 11.1 Å². The van der Waals surface area contributed by atoms with E-state index in [9.17, 15) is 0 Å². The first-order valence-electron chi connectivity index (χ1n) is 5.54. The highest BCUT2D eigenvalue weighted by molar-refractivity contribution is 7.13. The Morgan fingerprint density at radius 1 is 1.21 bits per heavy atom. The van der Waals surface area contributed by atoms with Crippen LogP contribution < -0.4 is 5.73 Å². The third-order valence-electron chi connectivity index (χ3n) is 2.45. The zero-order valence-electron chi connectivity index (χ0n) is 9.82. The number of aromatic amines is 1. The average Bonchev–Trinajstić information content (AvgIpc) is 3.07. The first kappa shape index (κ1) is 11.5. The molecule has 0 spiro atoms. The van der Waals surface area contributed by atoms with Gasteiger partial charge < -0.3 is 5.73 Å². The Kier molecular flexibility index (Phi) is 3.03. The molecule has 0 unspecified atom stereocenters. The highest BCUT2D eigenvalue weighted by Crippen LogP contribution is 2.36. The van der Waals surface area contributed by atoms with Gasteiger partial charge in [-0.05, 0) is 23.6 Å². The van der Waals surface area contributed by atoms with E-state index >= 15 is 0 Å². The van der Waals surface area contributed by atoms with Crippen LogP contribution in [0.25, 0.3) is 10.6 Å². The van der Waals surface area contributed by atoms with E-state index in [1.165, 1.54) is 0 Å². The summed E-state index contributed by atoms with van der Waals surface area (Å²) in [5.74, 6) is 0.330. The van der Waals surface area contributed by atoms with E-state index in [1.807, 2.05) is 23.6 Å². The zero-order chi connectivity index (χ0) is 13.1. The van der Waals surface area contributed by atoms with Crippen molar-refractivity contribution in [3.8, 4) is 10.6 Å². The van der Waals surface area contributed by atoms with Gasteiger partial charge in [0.1, 0.15) is 11.4 Å². The number of H-pyrrole nitrogens is 1. The van der Waals surface area contributed by atoms with Gasteiger partial charge in [0.15, 0.2) is 11.5 Å². The number of nitrogens with zero attached hydrogens (tertiary/aromatic N) is 4. The number of nitrogen functional groups attached to an aromatic ring is 1. The van der Waals surface area contributed by atoms with Gasteiger partial charge >= 0.3 is 0 Å². The van der Waals surface area contributed by atoms with E-state index in [-0.39, 0.29) is 0 Å². The van der Waals surface area contributed by atoms with Crippen LogP contribution in [0.3, 0.4) is 0 Å². The molecule has 0 saturated heterocycles. The fraction of sp³-hybridized carbons (Fsp3) is 0. The normalized spacial score (nSPS) is 11.2. The van der Waals surface area contributed by atoms with Gasteiger partial charge in [-0.1, -0.05) is 6.07 Å². The fourth-order valence-electron chi connectivity index (χ4n) is 1.56. The number of rotatable bonds is 3. The van der Waals surface area contributed by atoms with Crippen molar-refractivity contribution in [3.63, 3.8) is 0 Å². The van der Waals surface area contributed by atoms with E-state index in [1.54, 1.807) is 29.8 Å². The quantitative estimate of drug-likeness (QED) is 0.713. The molecule has 0 aliphatic heterocycles. The summed E-state index contributed by atoms with van der Waals surface area (Å²) in [4.78, 5) is 4.99. The molecule has 0 fully saturated rings. The lowest BCUT2D eigenvalue weighted by Crippen LogP contribution is -1.83. The molecule has 3 aromatic rings. The standard InChI is InChI=1S/C12H10N6S/c13-12-11(17-15-8-3-1-5-14-7-8)10(16-18-12)9-4-2-6-19-9/h1-7H,(H3,13,16,18). The van der Waals surface area contributed by atoms with Crippen molar-refractivity contribution in [2.24, 2.45) is 10.2 Å². The van der Waals surface area contributed by atoms with E-state index in [2.05, 4.69) is 25.4 Å². The topological polar surface area (TPSA) is 92.3 Å². The van der Waals surface area contributed by atoms with E-state index in [4.69, 9.17) is 5.73 Å². The Hall–Kier alpha value is -2.54. The maximum absolute atomic E-state index is 5.80. The van der Waals surface area contributed by atoms with E-state index in [0.29, 0.717) is 17.2 Å². The number of anilines is 1. The van der Waals surface area contributed by atoms with Crippen LogP contribution in [0.4, 0.5) is 17.2 Å². The minimum atomic E-state index is 0.330. The summed E-state index contributed by atoms with van der Waals surface area (Å²) in [6.45, 7) is 0. The van der Waals surface area contributed by atoms with Crippen LogP contribution in [0.1, 0.15) is 0 Å². The lowest BCUT2D eigenvalue weighted by molar-refractivity contribution is 1.11. The Morgan fingerprint density at radius 2 is 2.16 bits per heavy atom. The average molecular weight is 270 g/mol. The first-order valence-corrected chi connectivity index (χ1v) is 6.42. The second kappa shape index (κ2) is 4.99. The molecule has 3 rings (SSSR count). The van der Waals surface area contributed by atoms with Gasteiger partial charge in [-0.2, -0.15) is 5.10 Å². The summed E-state index contributed by atoms with van der Waals surface area (Å²) in [5.41, 5.74) is 7.80. The minimum Gasteiger partial charge on any atom is -0.380 e. The molecule has 6 nitrogen and oxygen atoms in total. The fourth-order valence-corrected chi connectivity index (χ4v) is 2.29. The maximum Gasteiger partial charge on any atom is 0.173 e. The van der Waals surface area contributed by atoms with Crippen LogP contribution in [0, 0.1) is 0 Å². The number of hydrogen-bond donors (Lipinski definition) is 2. The molecule has 0 aliphatic carbocycles. The van der Waals surface area contributed by atoms with Gasteiger partial charge in [0.25, 0.3) is 0 Å². The SMILES string of the molecule is Nc1n[nH]c(-c2cccs2)c1N=Nc1cccnc1. The summed E-state index contributed by atoms with van der Waals surface area (Å²) in [7, 11) is 0. The van der Waals surface area contributed by atoms with Gasteiger partial charge in [0.2, 0.25) is 0 Å². The van der Waals surface area contributed by atoms with Crippen molar-refractivity contribution in [2.75, 3.05) is 5.73 Å². The van der Waals surface area contributed by atoms with Gasteiger partial charge in [0, 0.05) is 6.20 Å². The van der Waals surface area contributed by atoms with Gasteiger partial charge in [-0.3, -0.25) is 10.1 Å². The second-order valence-corrected chi connectivity index (χ2v) is 4.67. The predicted octanol–water partition coefficient (Wildman–Crippen LogP) is 3.53. The lowest BCUT2D eigenvalue weighted by atomic mass is 10.3. The Labute approximate surface area is 113 Å². The number of azo groups is 1. The summed E-state index contributed by atoms with van der Waals surface area (Å²) in [6.07, 6.45) is 3.31. The van der Waals surface area contributed by atoms with Crippen molar-refractivity contribution in [2.45, 2.75) is 0 Å². The smallest absolute Gasteiger partial charge is 0.173 e. The van der Waals surface area contributed by atoms with Crippen molar-refractivity contribution < 1.29 is 0 Å². The minimum absolute atomic E-state index is 0.330. The number of thiophene rings is 1. The van der Waals surface area contributed by atoms with Crippen molar-refractivity contribution in [3.05, 3.63) is 42.0 Å². The summed E-state index contributed by atoms with van der Waals surface area (Å²) < 4.78 is 0. The molecule has 3 aromatic heterocycles. The third-order valence-corrected chi connectivity index (χ3v) is 3.33. The van der Waals surface area contributed by atoms with Crippen LogP contribution in [0.5, 0.6) is 0 Å². The molecule has 3 heterocycles. The Morgan fingerprint density at radius 3 is 2.89 bits per heavy atom. The Balaban J connectivity index is 1.97. The van der Waals surface area contributed by atoms with Crippen LogP contribution in [-0.2, 0) is 0 Å². The summed E-state index contributed by atoms with van der Waals surface area (Å²) in [5, 5.41) is 17.1. The highest BCUT2D eigenvalue weighted by atomic mass is 32.1. The van der Waals surface area contributed by atoms with Crippen LogP contribution in [0.15, 0.2) is 52.3 Å². The molecule has 0 saturated carbocycles. The van der Waals surface area contributed by atoms with E-state index in [0.717, 1.165) is 10.6 Å². The first-order chi connectivity index (χ1) is 9.34. The third kappa shape index (κ3) is 2.36. The molecule has 19 heavy (non-hydrogen) atoms. The molecule has 0 atom stereocenters. The summed E-state index contributed by atoms with van der Waals surface area (Å²) >= 11 is 1.58. The number of pyridine rings is 1. The monoisotopic (exact) mass is 270 g/mol.